The first-order chi connectivity index (χ1) is 8.94. The monoisotopic (exact) mass is 290 g/mol. The highest BCUT2D eigenvalue weighted by molar-refractivity contribution is 7.89. The number of sulfonamides is 1. The second-order valence-corrected chi connectivity index (χ2v) is 6.41. The molecule has 0 radical (unpaired) electrons. The minimum Gasteiger partial charge on any atom is -0.330 e. The fourth-order valence-corrected chi connectivity index (χ4v) is 3.83. The number of nitrogens with two attached hydrogens (primary N) is 1. The maximum absolute atomic E-state index is 13.5. The molecule has 0 saturated heterocycles. The Morgan fingerprint density at radius 1 is 1.32 bits per heavy atom. The third-order valence-corrected chi connectivity index (χ3v) is 4.97. The summed E-state index contributed by atoms with van der Waals surface area (Å²) < 4.78 is 52.9. The summed E-state index contributed by atoms with van der Waals surface area (Å²) >= 11 is 0. The minimum absolute atomic E-state index is 0.0679. The number of hydrogen-bond acceptors (Lipinski definition) is 3. The molecule has 0 heterocycles. The van der Waals surface area contributed by atoms with Crippen molar-refractivity contribution in [3.63, 3.8) is 0 Å². The fourth-order valence-electron chi connectivity index (χ4n) is 2.43. The van der Waals surface area contributed by atoms with Gasteiger partial charge in [-0.05, 0) is 37.4 Å². The van der Waals surface area contributed by atoms with Crippen molar-refractivity contribution in [2.75, 3.05) is 6.54 Å². The lowest BCUT2D eigenvalue weighted by Crippen LogP contribution is -2.40. The van der Waals surface area contributed by atoms with Crippen LogP contribution < -0.4 is 10.5 Å². The highest BCUT2D eigenvalue weighted by atomic mass is 32.2. The van der Waals surface area contributed by atoms with Crippen molar-refractivity contribution < 1.29 is 17.2 Å². The van der Waals surface area contributed by atoms with Crippen LogP contribution in [0.3, 0.4) is 0 Å². The molecule has 0 bridgehead atoms. The predicted octanol–water partition coefficient (Wildman–Crippen LogP) is 1.37. The Morgan fingerprint density at radius 3 is 2.68 bits per heavy atom. The van der Waals surface area contributed by atoms with E-state index in [4.69, 9.17) is 5.73 Å². The van der Waals surface area contributed by atoms with Crippen LogP contribution in [0, 0.1) is 17.6 Å². The molecule has 19 heavy (non-hydrogen) atoms. The number of benzene rings is 1. The van der Waals surface area contributed by atoms with Crippen LogP contribution in [0.5, 0.6) is 0 Å². The zero-order valence-electron chi connectivity index (χ0n) is 10.3. The molecule has 106 valence electrons. The van der Waals surface area contributed by atoms with Crippen LogP contribution in [0.4, 0.5) is 8.78 Å². The van der Waals surface area contributed by atoms with Crippen molar-refractivity contribution in [3.05, 3.63) is 29.8 Å². The summed E-state index contributed by atoms with van der Waals surface area (Å²) in [6.07, 6.45) is 2.43. The Kier molecular flexibility index (Phi) is 4.17. The van der Waals surface area contributed by atoms with Gasteiger partial charge in [0.2, 0.25) is 10.0 Å². The van der Waals surface area contributed by atoms with E-state index in [2.05, 4.69) is 4.72 Å². The van der Waals surface area contributed by atoms with Crippen molar-refractivity contribution in [3.8, 4) is 0 Å². The van der Waals surface area contributed by atoms with Crippen molar-refractivity contribution in [2.45, 2.75) is 30.2 Å². The molecule has 1 aliphatic carbocycles. The first-order valence-electron chi connectivity index (χ1n) is 6.11. The van der Waals surface area contributed by atoms with E-state index >= 15 is 0 Å². The molecule has 0 amide bonds. The van der Waals surface area contributed by atoms with Crippen LogP contribution >= 0.6 is 0 Å². The number of hydrogen-bond donors (Lipinski definition) is 2. The summed E-state index contributed by atoms with van der Waals surface area (Å²) in [5, 5.41) is 0. The molecule has 1 aromatic rings. The van der Waals surface area contributed by atoms with Crippen LogP contribution in [0.1, 0.15) is 19.3 Å². The van der Waals surface area contributed by atoms with Crippen LogP contribution in [0.15, 0.2) is 23.1 Å². The molecule has 4 nitrogen and oxygen atoms in total. The minimum atomic E-state index is -3.98. The van der Waals surface area contributed by atoms with Crippen LogP contribution in [-0.2, 0) is 10.0 Å². The summed E-state index contributed by atoms with van der Waals surface area (Å²) in [4.78, 5) is -0.531. The molecule has 1 aliphatic rings. The summed E-state index contributed by atoms with van der Waals surface area (Å²) in [6.45, 7) is 0.388. The van der Waals surface area contributed by atoms with Gasteiger partial charge in [0.15, 0.2) is 0 Å². The number of halogens is 2. The lowest BCUT2D eigenvalue weighted by molar-refractivity contribution is 0.450. The molecular weight excluding hydrogens is 274 g/mol. The van der Waals surface area contributed by atoms with Crippen LogP contribution in [0.2, 0.25) is 0 Å². The highest BCUT2D eigenvalue weighted by Crippen LogP contribution is 2.26. The quantitative estimate of drug-likeness (QED) is 0.879. The van der Waals surface area contributed by atoms with Gasteiger partial charge in [0.25, 0.3) is 0 Å². The van der Waals surface area contributed by atoms with E-state index in [-0.39, 0.29) is 12.0 Å². The van der Waals surface area contributed by atoms with Gasteiger partial charge in [0, 0.05) is 12.1 Å². The fraction of sp³-hybridized carbons (Fsp3) is 0.500. The van der Waals surface area contributed by atoms with E-state index < -0.39 is 26.6 Å². The molecule has 0 spiro atoms. The molecule has 0 unspecified atom stereocenters. The second-order valence-electron chi connectivity index (χ2n) is 4.73. The Morgan fingerprint density at radius 2 is 2.05 bits per heavy atom. The number of rotatable bonds is 4. The van der Waals surface area contributed by atoms with Gasteiger partial charge in [-0.25, -0.2) is 21.9 Å². The van der Waals surface area contributed by atoms with E-state index in [0.29, 0.717) is 19.0 Å². The summed E-state index contributed by atoms with van der Waals surface area (Å²) in [6, 6.07) is 2.13. The smallest absolute Gasteiger partial charge is 0.243 e. The summed E-state index contributed by atoms with van der Waals surface area (Å²) in [5.41, 5.74) is 5.57. The van der Waals surface area contributed by atoms with E-state index in [9.17, 15) is 17.2 Å². The van der Waals surface area contributed by atoms with E-state index in [1.807, 2.05) is 0 Å². The lowest BCUT2D eigenvalue weighted by atomic mass is 10.1. The Balaban J connectivity index is 2.23. The summed E-state index contributed by atoms with van der Waals surface area (Å²) in [5.74, 6) is -1.83. The Labute approximate surface area is 111 Å². The van der Waals surface area contributed by atoms with Gasteiger partial charge in [-0.2, -0.15) is 0 Å². The first kappa shape index (κ1) is 14.4. The van der Waals surface area contributed by atoms with Crippen LogP contribution in [-0.4, -0.2) is 21.0 Å². The van der Waals surface area contributed by atoms with Crippen molar-refractivity contribution >= 4 is 10.0 Å². The van der Waals surface area contributed by atoms with Gasteiger partial charge in [-0.3, -0.25) is 0 Å². The van der Waals surface area contributed by atoms with Gasteiger partial charge >= 0.3 is 0 Å². The molecule has 7 heteroatoms. The molecule has 2 rings (SSSR count). The zero-order valence-corrected chi connectivity index (χ0v) is 11.1. The van der Waals surface area contributed by atoms with Gasteiger partial charge < -0.3 is 5.73 Å². The number of nitrogens with one attached hydrogen (secondary N) is 1. The predicted molar refractivity (Wildman–Crippen MR) is 66.9 cm³/mol. The maximum Gasteiger partial charge on any atom is 0.243 e. The Hall–Kier alpha value is -1.05. The lowest BCUT2D eigenvalue weighted by Gasteiger charge is -2.19. The van der Waals surface area contributed by atoms with Gasteiger partial charge in [-0.15, -0.1) is 0 Å². The third kappa shape index (κ3) is 3.10. The highest BCUT2D eigenvalue weighted by Gasteiger charge is 2.31. The standard InChI is InChI=1S/C12H16F2N2O2S/c13-9-4-5-12(10(14)6-9)19(17,18)16-11-3-1-2-8(11)7-15/h4-6,8,11,16H,1-3,7,15H2/t8-,11+/m1/s1. The topological polar surface area (TPSA) is 72.2 Å². The van der Waals surface area contributed by atoms with E-state index in [1.165, 1.54) is 0 Å². The molecular formula is C12H16F2N2O2S. The maximum atomic E-state index is 13.5. The largest absolute Gasteiger partial charge is 0.330 e. The normalized spacial score (nSPS) is 23.7. The summed E-state index contributed by atoms with van der Waals surface area (Å²) in [7, 11) is -3.98. The zero-order chi connectivity index (χ0) is 14.0. The van der Waals surface area contributed by atoms with Crippen molar-refractivity contribution in [1.29, 1.82) is 0 Å². The molecule has 1 saturated carbocycles. The molecule has 1 aromatic carbocycles. The van der Waals surface area contributed by atoms with E-state index in [1.54, 1.807) is 0 Å². The SMILES string of the molecule is NC[C@H]1CCC[C@@H]1NS(=O)(=O)c1ccc(F)cc1F. The molecule has 2 atom stereocenters. The van der Waals surface area contributed by atoms with Crippen molar-refractivity contribution in [2.24, 2.45) is 11.7 Å². The third-order valence-electron chi connectivity index (χ3n) is 3.45. The van der Waals surface area contributed by atoms with Crippen LogP contribution in [0.25, 0.3) is 0 Å². The molecule has 0 aliphatic heterocycles. The Bertz CT molecular complexity index is 563. The van der Waals surface area contributed by atoms with E-state index in [0.717, 1.165) is 25.0 Å². The van der Waals surface area contributed by atoms with Gasteiger partial charge in [-0.1, -0.05) is 6.42 Å². The first-order valence-corrected chi connectivity index (χ1v) is 7.60. The second kappa shape index (κ2) is 5.52. The van der Waals surface area contributed by atoms with Crippen molar-refractivity contribution in [1.82, 2.24) is 4.72 Å². The molecule has 0 aromatic heterocycles. The van der Waals surface area contributed by atoms with Gasteiger partial charge in [0.1, 0.15) is 16.5 Å². The average Bonchev–Trinajstić information content (AvgIpc) is 2.74. The average molecular weight is 290 g/mol. The molecule has 1 fully saturated rings. The van der Waals surface area contributed by atoms with Gasteiger partial charge in [0.05, 0.1) is 0 Å². The molecule has 3 N–H and O–H groups in total.